The third kappa shape index (κ3) is 5.01. The third-order valence-corrected chi connectivity index (χ3v) is 9.76. The number of hydrogen-bond donors (Lipinski definition) is 2. The van der Waals surface area contributed by atoms with Crippen LogP contribution in [0, 0.1) is 5.41 Å². The Balaban J connectivity index is 1.44. The summed E-state index contributed by atoms with van der Waals surface area (Å²) in [5.41, 5.74) is 1.13. The van der Waals surface area contributed by atoms with Crippen LogP contribution in [0.4, 0.5) is 11.4 Å². The predicted molar refractivity (Wildman–Crippen MR) is 130 cm³/mol. The maximum absolute atomic E-state index is 13.2. The average molecular weight is 505 g/mol. The molecule has 0 saturated carbocycles. The van der Waals surface area contributed by atoms with E-state index >= 15 is 0 Å². The van der Waals surface area contributed by atoms with E-state index < -0.39 is 10.0 Å². The van der Waals surface area contributed by atoms with Crippen LogP contribution in [-0.2, 0) is 19.6 Å². The van der Waals surface area contributed by atoms with Gasteiger partial charge < -0.3 is 15.5 Å². The topological polar surface area (TPSA) is 116 Å². The van der Waals surface area contributed by atoms with Crippen molar-refractivity contribution in [3.8, 4) is 0 Å². The highest BCUT2D eigenvalue weighted by Gasteiger charge is 2.44. The normalized spacial score (nSPS) is 18.1. The van der Waals surface area contributed by atoms with Crippen molar-refractivity contribution in [1.29, 1.82) is 0 Å². The van der Waals surface area contributed by atoms with Gasteiger partial charge in [0.1, 0.15) is 4.21 Å². The first-order chi connectivity index (χ1) is 16.1. The van der Waals surface area contributed by atoms with E-state index in [9.17, 15) is 22.8 Å². The second-order valence-electron chi connectivity index (χ2n) is 8.94. The fraction of sp³-hybridized carbons (Fsp3) is 0.435. The fourth-order valence-electron chi connectivity index (χ4n) is 4.71. The number of likely N-dealkylation sites (tertiary alicyclic amines) is 1. The molecule has 3 heterocycles. The van der Waals surface area contributed by atoms with Gasteiger partial charge in [-0.2, -0.15) is 4.31 Å². The number of nitrogens with zero attached hydrogens (tertiary/aromatic N) is 2. The summed E-state index contributed by atoms with van der Waals surface area (Å²) < 4.78 is 27.6. The Morgan fingerprint density at radius 2 is 1.59 bits per heavy atom. The van der Waals surface area contributed by atoms with Gasteiger partial charge in [0, 0.05) is 45.6 Å². The lowest BCUT2D eigenvalue weighted by atomic mass is 9.78. The molecular weight excluding hydrogens is 476 g/mol. The number of carbonyl (C=O) groups excluding carboxylic acids is 3. The quantitative estimate of drug-likeness (QED) is 0.650. The van der Waals surface area contributed by atoms with Crippen LogP contribution < -0.4 is 10.6 Å². The summed E-state index contributed by atoms with van der Waals surface area (Å²) in [6.07, 6.45) is 2.24. The van der Waals surface area contributed by atoms with Crippen LogP contribution in [0.25, 0.3) is 0 Å². The van der Waals surface area contributed by atoms with E-state index in [1.165, 1.54) is 25.2 Å². The zero-order valence-electron chi connectivity index (χ0n) is 19.2. The molecule has 2 fully saturated rings. The van der Waals surface area contributed by atoms with Crippen molar-refractivity contribution < 1.29 is 22.8 Å². The first kappa shape index (κ1) is 24.4. The molecule has 1 spiro atoms. The second kappa shape index (κ2) is 9.47. The number of hydrogen-bond acceptors (Lipinski definition) is 6. The van der Waals surface area contributed by atoms with Gasteiger partial charge in [-0.1, -0.05) is 6.07 Å². The van der Waals surface area contributed by atoms with Gasteiger partial charge in [0.25, 0.3) is 15.9 Å². The van der Waals surface area contributed by atoms with Crippen LogP contribution >= 0.6 is 11.3 Å². The molecule has 0 bridgehead atoms. The minimum Gasteiger partial charge on any atom is -0.338 e. The lowest BCUT2D eigenvalue weighted by molar-refractivity contribution is -0.115. The molecule has 1 aromatic carbocycles. The summed E-state index contributed by atoms with van der Waals surface area (Å²) in [6.45, 7) is 4.79. The summed E-state index contributed by atoms with van der Waals surface area (Å²) >= 11 is 1.23. The largest absolute Gasteiger partial charge is 0.338 e. The zero-order chi connectivity index (χ0) is 24.5. The Morgan fingerprint density at radius 1 is 0.941 bits per heavy atom. The Hall–Kier alpha value is -2.76. The number of nitrogens with one attached hydrogen (secondary N) is 2. The van der Waals surface area contributed by atoms with Crippen molar-refractivity contribution in [2.45, 2.75) is 37.3 Å². The van der Waals surface area contributed by atoms with Crippen molar-refractivity contribution in [3.05, 3.63) is 41.3 Å². The van der Waals surface area contributed by atoms with Gasteiger partial charge in [-0.05, 0) is 54.3 Å². The van der Waals surface area contributed by atoms with Crippen LogP contribution in [0.15, 0.2) is 39.9 Å². The maximum Gasteiger partial charge on any atom is 0.253 e. The minimum atomic E-state index is -3.46. The fourth-order valence-corrected chi connectivity index (χ4v) is 7.29. The summed E-state index contributed by atoms with van der Waals surface area (Å²) in [5, 5.41) is 7.08. The highest BCUT2D eigenvalue weighted by Crippen LogP contribution is 2.42. The number of piperidine rings is 1. The summed E-state index contributed by atoms with van der Waals surface area (Å²) in [5.74, 6) is -0.730. The molecule has 0 unspecified atom stereocenters. The Bertz CT molecular complexity index is 1200. The molecule has 2 aliphatic rings. The molecule has 2 aromatic rings. The number of carbonyl (C=O) groups is 3. The Kier molecular flexibility index (Phi) is 6.79. The SMILES string of the molecule is CC(=O)Nc1ccc(C(=O)N2CCC3(CCN(S(=O)(=O)c4cccs4)CC3)C2)cc1NC(C)=O. The zero-order valence-corrected chi connectivity index (χ0v) is 20.8. The average Bonchev–Trinajstić information content (AvgIpc) is 3.46. The maximum atomic E-state index is 13.2. The summed E-state index contributed by atoms with van der Waals surface area (Å²) in [6, 6.07) is 8.20. The predicted octanol–water partition coefficient (Wildman–Crippen LogP) is 2.98. The summed E-state index contributed by atoms with van der Waals surface area (Å²) in [7, 11) is -3.46. The Morgan fingerprint density at radius 3 is 2.21 bits per heavy atom. The number of benzene rings is 1. The number of sulfonamides is 1. The van der Waals surface area contributed by atoms with Gasteiger partial charge in [0.15, 0.2) is 0 Å². The highest BCUT2D eigenvalue weighted by molar-refractivity contribution is 7.91. The van der Waals surface area contributed by atoms with Crippen molar-refractivity contribution in [2.24, 2.45) is 5.41 Å². The lowest BCUT2D eigenvalue weighted by Crippen LogP contribution is -2.44. The van der Waals surface area contributed by atoms with E-state index in [2.05, 4.69) is 10.6 Å². The van der Waals surface area contributed by atoms with E-state index in [0.29, 0.717) is 60.2 Å². The number of amides is 3. The monoisotopic (exact) mass is 504 g/mol. The van der Waals surface area contributed by atoms with E-state index in [4.69, 9.17) is 0 Å². The molecule has 2 saturated heterocycles. The van der Waals surface area contributed by atoms with Crippen LogP contribution in [0.2, 0.25) is 0 Å². The molecule has 2 N–H and O–H groups in total. The molecule has 9 nitrogen and oxygen atoms in total. The molecule has 2 aliphatic heterocycles. The van der Waals surface area contributed by atoms with Crippen LogP contribution in [0.1, 0.15) is 43.5 Å². The number of thiophene rings is 1. The van der Waals surface area contributed by atoms with Crippen molar-refractivity contribution >= 4 is 50.5 Å². The van der Waals surface area contributed by atoms with E-state index in [-0.39, 0.29) is 23.1 Å². The minimum absolute atomic E-state index is 0.0896. The molecule has 182 valence electrons. The third-order valence-electron chi connectivity index (χ3n) is 6.49. The van der Waals surface area contributed by atoms with Crippen molar-refractivity contribution in [1.82, 2.24) is 9.21 Å². The molecule has 3 amide bonds. The van der Waals surface area contributed by atoms with Crippen molar-refractivity contribution in [2.75, 3.05) is 36.8 Å². The van der Waals surface area contributed by atoms with Gasteiger partial charge in [0.2, 0.25) is 11.8 Å². The Labute approximate surface area is 203 Å². The van der Waals surface area contributed by atoms with Gasteiger partial charge in [-0.3, -0.25) is 14.4 Å². The first-order valence-corrected chi connectivity index (χ1v) is 13.4. The molecule has 1 aromatic heterocycles. The van der Waals surface area contributed by atoms with E-state index in [0.717, 1.165) is 6.42 Å². The standard InChI is InChI=1S/C23H28N4O5S2/c1-16(28)24-19-6-5-18(14-20(19)25-17(2)29)22(30)26-10-7-23(15-26)8-11-27(12-9-23)34(31,32)21-4-3-13-33-21/h3-6,13-14H,7-12,15H2,1-2H3,(H,24,28)(H,25,29). The van der Waals surface area contributed by atoms with Crippen LogP contribution in [0.5, 0.6) is 0 Å². The molecule has 4 rings (SSSR count). The molecule has 34 heavy (non-hydrogen) atoms. The molecule has 11 heteroatoms. The second-order valence-corrected chi connectivity index (χ2v) is 12.0. The molecule has 0 aliphatic carbocycles. The first-order valence-electron chi connectivity index (χ1n) is 11.1. The van der Waals surface area contributed by atoms with Crippen LogP contribution in [0.3, 0.4) is 0 Å². The molecule has 0 atom stereocenters. The smallest absolute Gasteiger partial charge is 0.253 e. The lowest BCUT2D eigenvalue weighted by Gasteiger charge is -2.38. The van der Waals surface area contributed by atoms with Crippen molar-refractivity contribution in [3.63, 3.8) is 0 Å². The molecule has 0 radical (unpaired) electrons. The van der Waals surface area contributed by atoms with Gasteiger partial charge >= 0.3 is 0 Å². The van der Waals surface area contributed by atoms with Gasteiger partial charge in [-0.15, -0.1) is 11.3 Å². The van der Waals surface area contributed by atoms with Gasteiger partial charge in [0.05, 0.1) is 11.4 Å². The van der Waals surface area contributed by atoms with Gasteiger partial charge in [-0.25, -0.2) is 8.42 Å². The van der Waals surface area contributed by atoms with E-state index in [1.807, 2.05) is 0 Å². The highest BCUT2D eigenvalue weighted by atomic mass is 32.2. The summed E-state index contributed by atoms with van der Waals surface area (Å²) in [4.78, 5) is 38.1. The number of rotatable bonds is 5. The molecular formula is C23H28N4O5S2. The number of anilines is 2. The van der Waals surface area contributed by atoms with E-state index in [1.54, 1.807) is 44.9 Å². The van der Waals surface area contributed by atoms with Crippen LogP contribution in [-0.4, -0.2) is 61.5 Å².